The summed E-state index contributed by atoms with van der Waals surface area (Å²) in [5.41, 5.74) is 6.25. The van der Waals surface area contributed by atoms with E-state index in [4.69, 9.17) is 5.73 Å². The fourth-order valence-corrected chi connectivity index (χ4v) is 2.15. The molecule has 1 aromatic carbocycles. The molecule has 0 saturated heterocycles. The summed E-state index contributed by atoms with van der Waals surface area (Å²) in [6.45, 7) is 0.429. The molecule has 7 heteroatoms. The Hall–Kier alpha value is -2.83. The average Bonchev–Trinajstić information content (AvgIpc) is 2.74. The molecule has 0 aliphatic rings. The van der Waals surface area contributed by atoms with Gasteiger partial charge in [-0.1, -0.05) is 30.3 Å². The van der Waals surface area contributed by atoms with Crippen molar-refractivity contribution in [2.45, 2.75) is 13.0 Å². The standard InChI is InChI=1S/C13H13N5O2/c14-12-16-10-9(11(19)17-12)15-13(20)18(10)7-6-8-4-2-1-3-5-8/h1-5H,6-7H2,(H,15,20)(H3,14,16,17,19). The van der Waals surface area contributed by atoms with Crippen LogP contribution < -0.4 is 17.0 Å². The van der Waals surface area contributed by atoms with Gasteiger partial charge in [0.1, 0.15) is 0 Å². The van der Waals surface area contributed by atoms with Crippen LogP contribution in [0.3, 0.4) is 0 Å². The van der Waals surface area contributed by atoms with Gasteiger partial charge in [-0.3, -0.25) is 19.3 Å². The van der Waals surface area contributed by atoms with Crippen LogP contribution in [0.25, 0.3) is 11.2 Å². The number of nitrogens with one attached hydrogen (secondary N) is 2. The fourth-order valence-electron chi connectivity index (χ4n) is 2.15. The van der Waals surface area contributed by atoms with Gasteiger partial charge in [-0.2, -0.15) is 4.98 Å². The van der Waals surface area contributed by atoms with Crippen LogP contribution >= 0.6 is 0 Å². The molecule has 3 rings (SSSR count). The second-order valence-corrected chi connectivity index (χ2v) is 4.47. The third kappa shape index (κ3) is 2.09. The van der Waals surface area contributed by atoms with E-state index in [0.29, 0.717) is 13.0 Å². The minimum atomic E-state index is -0.442. The van der Waals surface area contributed by atoms with Crippen LogP contribution in [0.2, 0.25) is 0 Å². The lowest BCUT2D eigenvalue weighted by Crippen LogP contribution is -2.18. The molecule has 0 bridgehead atoms. The van der Waals surface area contributed by atoms with Crippen LogP contribution in [0, 0.1) is 0 Å². The maximum Gasteiger partial charge on any atom is 0.327 e. The molecule has 4 N–H and O–H groups in total. The number of anilines is 1. The van der Waals surface area contributed by atoms with Crippen molar-refractivity contribution < 1.29 is 0 Å². The monoisotopic (exact) mass is 271 g/mol. The zero-order valence-electron chi connectivity index (χ0n) is 10.6. The van der Waals surface area contributed by atoms with Crippen molar-refractivity contribution in [3.05, 3.63) is 56.7 Å². The Morgan fingerprint density at radius 1 is 1.15 bits per heavy atom. The van der Waals surface area contributed by atoms with E-state index in [1.165, 1.54) is 4.57 Å². The number of hydrogen-bond acceptors (Lipinski definition) is 4. The number of rotatable bonds is 3. The van der Waals surface area contributed by atoms with E-state index in [2.05, 4.69) is 15.0 Å². The van der Waals surface area contributed by atoms with Gasteiger partial charge in [0.15, 0.2) is 11.2 Å². The van der Waals surface area contributed by atoms with Gasteiger partial charge < -0.3 is 5.73 Å². The minimum absolute atomic E-state index is 0.00467. The first-order valence-electron chi connectivity index (χ1n) is 6.17. The summed E-state index contributed by atoms with van der Waals surface area (Å²) in [6, 6.07) is 9.77. The Morgan fingerprint density at radius 3 is 2.65 bits per heavy atom. The number of imidazole rings is 1. The number of fused-ring (bicyclic) bond motifs is 1. The molecule has 0 aliphatic heterocycles. The van der Waals surface area contributed by atoms with E-state index >= 15 is 0 Å². The number of benzene rings is 1. The van der Waals surface area contributed by atoms with E-state index in [-0.39, 0.29) is 22.8 Å². The number of aromatic amines is 2. The number of hydrogen-bond donors (Lipinski definition) is 3. The summed E-state index contributed by atoms with van der Waals surface area (Å²) in [5.74, 6) is -0.00467. The summed E-state index contributed by atoms with van der Waals surface area (Å²) in [7, 11) is 0. The number of aryl methyl sites for hydroxylation is 2. The second-order valence-electron chi connectivity index (χ2n) is 4.47. The smallest absolute Gasteiger partial charge is 0.327 e. The Kier molecular flexibility index (Phi) is 2.86. The lowest BCUT2D eigenvalue weighted by molar-refractivity contribution is 0.685. The SMILES string of the molecule is Nc1nc2c([nH]c(=O)n2CCc2ccccc2)c(=O)[nH]1. The van der Waals surface area contributed by atoms with Gasteiger partial charge in [-0.25, -0.2) is 4.79 Å². The molecule has 0 amide bonds. The molecular weight excluding hydrogens is 258 g/mol. The highest BCUT2D eigenvalue weighted by Crippen LogP contribution is 2.06. The van der Waals surface area contributed by atoms with E-state index in [0.717, 1.165) is 5.56 Å². The van der Waals surface area contributed by atoms with Gasteiger partial charge in [0.2, 0.25) is 5.95 Å². The average molecular weight is 271 g/mol. The zero-order valence-corrected chi connectivity index (χ0v) is 10.6. The number of nitrogen functional groups attached to an aromatic ring is 1. The van der Waals surface area contributed by atoms with Crippen LogP contribution in [0.15, 0.2) is 39.9 Å². The molecule has 2 aromatic heterocycles. The molecule has 3 aromatic rings. The van der Waals surface area contributed by atoms with E-state index in [1.807, 2.05) is 30.3 Å². The Labute approximate surface area is 113 Å². The van der Waals surface area contributed by atoms with Gasteiger partial charge in [-0.15, -0.1) is 0 Å². The first-order valence-corrected chi connectivity index (χ1v) is 6.17. The molecule has 0 spiro atoms. The van der Waals surface area contributed by atoms with Crippen LogP contribution in [-0.2, 0) is 13.0 Å². The molecule has 0 atom stereocenters. The van der Waals surface area contributed by atoms with Crippen molar-refractivity contribution in [1.82, 2.24) is 19.5 Å². The summed E-state index contributed by atoms with van der Waals surface area (Å²) in [6.07, 6.45) is 0.669. The first kappa shape index (κ1) is 12.2. The molecule has 7 nitrogen and oxygen atoms in total. The first-order chi connectivity index (χ1) is 9.65. The molecule has 0 fully saturated rings. The van der Waals surface area contributed by atoms with Crippen molar-refractivity contribution >= 4 is 17.1 Å². The lowest BCUT2D eigenvalue weighted by Gasteiger charge is -2.03. The topological polar surface area (TPSA) is 110 Å². The highest BCUT2D eigenvalue weighted by molar-refractivity contribution is 5.70. The van der Waals surface area contributed by atoms with Crippen molar-refractivity contribution in [3.8, 4) is 0 Å². The van der Waals surface area contributed by atoms with Gasteiger partial charge in [0, 0.05) is 6.54 Å². The van der Waals surface area contributed by atoms with Crippen molar-refractivity contribution in [3.63, 3.8) is 0 Å². The highest BCUT2D eigenvalue weighted by atomic mass is 16.2. The molecule has 20 heavy (non-hydrogen) atoms. The van der Waals surface area contributed by atoms with E-state index in [9.17, 15) is 9.59 Å². The second kappa shape index (κ2) is 4.69. The van der Waals surface area contributed by atoms with Crippen molar-refractivity contribution in [2.75, 3.05) is 5.73 Å². The van der Waals surface area contributed by atoms with Gasteiger partial charge in [0.25, 0.3) is 5.56 Å². The zero-order chi connectivity index (χ0) is 14.1. The molecule has 0 saturated carbocycles. The van der Waals surface area contributed by atoms with Crippen molar-refractivity contribution in [1.29, 1.82) is 0 Å². The molecular formula is C13H13N5O2. The normalized spacial score (nSPS) is 11.0. The van der Waals surface area contributed by atoms with E-state index < -0.39 is 5.56 Å². The summed E-state index contributed by atoms with van der Waals surface area (Å²) in [4.78, 5) is 32.5. The van der Waals surface area contributed by atoms with Crippen LogP contribution in [-0.4, -0.2) is 19.5 Å². The number of H-pyrrole nitrogens is 2. The summed E-state index contributed by atoms with van der Waals surface area (Å²) < 4.78 is 1.42. The third-order valence-electron chi connectivity index (χ3n) is 3.12. The molecule has 0 aliphatic carbocycles. The van der Waals surface area contributed by atoms with Gasteiger partial charge >= 0.3 is 5.69 Å². The van der Waals surface area contributed by atoms with E-state index in [1.54, 1.807) is 0 Å². The Bertz CT molecular complexity index is 860. The van der Waals surface area contributed by atoms with Crippen LogP contribution in [0.1, 0.15) is 5.56 Å². The van der Waals surface area contributed by atoms with Gasteiger partial charge in [-0.05, 0) is 12.0 Å². The number of nitrogens with zero attached hydrogens (tertiary/aromatic N) is 2. The maximum atomic E-state index is 11.9. The fraction of sp³-hybridized carbons (Fsp3) is 0.154. The predicted molar refractivity (Wildman–Crippen MR) is 75.5 cm³/mol. The quantitative estimate of drug-likeness (QED) is 0.633. The number of nitrogens with two attached hydrogens (primary N) is 1. The highest BCUT2D eigenvalue weighted by Gasteiger charge is 2.11. The van der Waals surface area contributed by atoms with Crippen molar-refractivity contribution in [2.24, 2.45) is 0 Å². The molecule has 0 unspecified atom stereocenters. The summed E-state index contributed by atoms with van der Waals surface area (Å²) >= 11 is 0. The molecule has 102 valence electrons. The minimum Gasteiger partial charge on any atom is -0.369 e. The number of aromatic nitrogens is 4. The third-order valence-corrected chi connectivity index (χ3v) is 3.12. The Balaban J connectivity index is 2.01. The Morgan fingerprint density at radius 2 is 1.90 bits per heavy atom. The lowest BCUT2D eigenvalue weighted by atomic mass is 10.1. The van der Waals surface area contributed by atoms with Crippen LogP contribution in [0.4, 0.5) is 5.95 Å². The molecule has 0 radical (unpaired) electrons. The van der Waals surface area contributed by atoms with Gasteiger partial charge in [0.05, 0.1) is 0 Å². The van der Waals surface area contributed by atoms with Crippen LogP contribution in [0.5, 0.6) is 0 Å². The summed E-state index contributed by atoms with van der Waals surface area (Å²) in [5, 5.41) is 0. The largest absolute Gasteiger partial charge is 0.369 e. The molecule has 2 heterocycles. The predicted octanol–water partition coefficient (Wildman–Crippen LogP) is 0.238. The maximum absolute atomic E-state index is 11.9.